The summed E-state index contributed by atoms with van der Waals surface area (Å²) in [5, 5.41) is 0. The van der Waals surface area contributed by atoms with Crippen LogP contribution in [0, 0.1) is 0 Å². The Balaban J connectivity index is 1.56. The van der Waals surface area contributed by atoms with Crippen LogP contribution in [0.5, 0.6) is 11.5 Å². The van der Waals surface area contributed by atoms with Gasteiger partial charge in [0.25, 0.3) is 5.91 Å². The van der Waals surface area contributed by atoms with E-state index in [1.54, 1.807) is 4.90 Å². The molecule has 1 fully saturated rings. The SMILES string of the molecule is CCOc1cc(/C=C2/SC(=S)N(c3cccc(Br)c3)C2=O)ccc1OCc1ccccc1. The molecule has 1 aliphatic heterocycles. The van der Waals surface area contributed by atoms with Crippen LogP contribution in [-0.4, -0.2) is 16.8 Å². The van der Waals surface area contributed by atoms with Crippen LogP contribution in [0.3, 0.4) is 0 Å². The highest BCUT2D eigenvalue weighted by Crippen LogP contribution is 2.38. The second kappa shape index (κ2) is 10.3. The summed E-state index contributed by atoms with van der Waals surface area (Å²) in [4.78, 5) is 15.2. The zero-order valence-electron chi connectivity index (χ0n) is 17.3. The van der Waals surface area contributed by atoms with Crippen molar-refractivity contribution in [3.8, 4) is 11.5 Å². The summed E-state index contributed by atoms with van der Waals surface area (Å²) >= 11 is 10.2. The number of amides is 1. The minimum Gasteiger partial charge on any atom is -0.490 e. The number of hydrogen-bond donors (Lipinski definition) is 0. The van der Waals surface area contributed by atoms with Gasteiger partial charge in [-0.25, -0.2) is 0 Å². The monoisotopic (exact) mass is 525 g/mol. The Morgan fingerprint density at radius 2 is 1.81 bits per heavy atom. The molecular formula is C25H20BrNO3S2. The first-order valence-electron chi connectivity index (χ1n) is 10.0. The third-order valence-corrected chi connectivity index (χ3v) is 6.46. The zero-order chi connectivity index (χ0) is 22.5. The molecular weight excluding hydrogens is 506 g/mol. The second-order valence-corrected chi connectivity index (χ2v) is 9.50. The smallest absolute Gasteiger partial charge is 0.270 e. The van der Waals surface area contributed by atoms with E-state index in [9.17, 15) is 4.79 Å². The van der Waals surface area contributed by atoms with Gasteiger partial charge in [0, 0.05) is 4.47 Å². The lowest BCUT2D eigenvalue weighted by Crippen LogP contribution is -2.27. The third-order valence-electron chi connectivity index (χ3n) is 4.66. The van der Waals surface area contributed by atoms with Crippen molar-refractivity contribution < 1.29 is 14.3 Å². The lowest BCUT2D eigenvalue weighted by molar-refractivity contribution is -0.113. The van der Waals surface area contributed by atoms with Gasteiger partial charge in [0.1, 0.15) is 6.61 Å². The summed E-state index contributed by atoms with van der Waals surface area (Å²) in [6.45, 7) is 2.89. The minimum absolute atomic E-state index is 0.138. The molecule has 0 unspecified atom stereocenters. The van der Waals surface area contributed by atoms with Crippen molar-refractivity contribution in [1.29, 1.82) is 0 Å². The predicted octanol–water partition coefficient (Wildman–Crippen LogP) is 6.83. The van der Waals surface area contributed by atoms with E-state index in [1.165, 1.54) is 11.8 Å². The number of carbonyl (C=O) groups is 1. The first-order valence-corrected chi connectivity index (χ1v) is 12.0. The number of thioether (sulfide) groups is 1. The number of carbonyl (C=O) groups excluding carboxylic acids is 1. The summed E-state index contributed by atoms with van der Waals surface area (Å²) in [6, 6.07) is 23.2. The number of benzene rings is 3. The average Bonchev–Trinajstić information content (AvgIpc) is 3.07. The van der Waals surface area contributed by atoms with Gasteiger partial charge in [-0.15, -0.1) is 0 Å². The molecule has 0 saturated carbocycles. The lowest BCUT2D eigenvalue weighted by Gasteiger charge is -2.14. The molecule has 0 N–H and O–H groups in total. The summed E-state index contributed by atoms with van der Waals surface area (Å²) in [6.07, 6.45) is 1.83. The highest BCUT2D eigenvalue weighted by atomic mass is 79.9. The zero-order valence-corrected chi connectivity index (χ0v) is 20.5. The molecule has 0 bridgehead atoms. The fourth-order valence-electron chi connectivity index (χ4n) is 3.19. The van der Waals surface area contributed by atoms with Crippen LogP contribution in [0.25, 0.3) is 6.08 Å². The molecule has 0 radical (unpaired) electrons. The van der Waals surface area contributed by atoms with Crippen LogP contribution in [-0.2, 0) is 11.4 Å². The number of ether oxygens (including phenoxy) is 2. The third kappa shape index (κ3) is 5.23. The van der Waals surface area contributed by atoms with E-state index in [1.807, 2.05) is 85.8 Å². The maximum Gasteiger partial charge on any atom is 0.270 e. The highest BCUT2D eigenvalue weighted by Gasteiger charge is 2.33. The summed E-state index contributed by atoms with van der Waals surface area (Å²) in [7, 11) is 0. The first kappa shape index (κ1) is 22.6. The van der Waals surface area contributed by atoms with Gasteiger partial charge in [-0.2, -0.15) is 0 Å². The van der Waals surface area contributed by atoms with E-state index in [2.05, 4.69) is 15.9 Å². The molecule has 3 aromatic carbocycles. The Hall–Kier alpha value is -2.61. The van der Waals surface area contributed by atoms with Crippen molar-refractivity contribution >= 4 is 61.9 Å². The van der Waals surface area contributed by atoms with Gasteiger partial charge in [0.2, 0.25) is 0 Å². The quantitative estimate of drug-likeness (QED) is 0.249. The van der Waals surface area contributed by atoms with E-state index < -0.39 is 0 Å². The Labute approximate surface area is 205 Å². The van der Waals surface area contributed by atoms with Crippen LogP contribution in [0.4, 0.5) is 5.69 Å². The highest BCUT2D eigenvalue weighted by molar-refractivity contribution is 9.10. The van der Waals surface area contributed by atoms with Crippen molar-refractivity contribution in [2.24, 2.45) is 0 Å². The fourth-order valence-corrected chi connectivity index (χ4v) is 4.88. The van der Waals surface area contributed by atoms with E-state index >= 15 is 0 Å². The molecule has 4 nitrogen and oxygen atoms in total. The van der Waals surface area contributed by atoms with Gasteiger partial charge in [0.05, 0.1) is 17.2 Å². The Bertz CT molecular complexity index is 1180. The molecule has 162 valence electrons. The summed E-state index contributed by atoms with van der Waals surface area (Å²) < 4.78 is 13.2. The maximum atomic E-state index is 13.0. The van der Waals surface area contributed by atoms with E-state index in [4.69, 9.17) is 21.7 Å². The van der Waals surface area contributed by atoms with Crippen LogP contribution in [0.1, 0.15) is 18.1 Å². The van der Waals surface area contributed by atoms with Gasteiger partial charge >= 0.3 is 0 Å². The second-order valence-electron chi connectivity index (χ2n) is 6.91. The summed E-state index contributed by atoms with van der Waals surface area (Å²) in [5.41, 5.74) is 2.66. The van der Waals surface area contributed by atoms with E-state index in [-0.39, 0.29) is 5.91 Å². The van der Waals surface area contributed by atoms with Gasteiger partial charge in [-0.1, -0.05) is 82.4 Å². The molecule has 1 aliphatic rings. The molecule has 0 spiro atoms. The molecule has 3 aromatic rings. The molecule has 0 atom stereocenters. The minimum atomic E-state index is -0.138. The molecule has 0 aliphatic carbocycles. The molecule has 32 heavy (non-hydrogen) atoms. The molecule has 1 amide bonds. The maximum absolute atomic E-state index is 13.0. The van der Waals surface area contributed by atoms with Crippen molar-refractivity contribution in [2.45, 2.75) is 13.5 Å². The van der Waals surface area contributed by atoms with Crippen molar-refractivity contribution in [3.63, 3.8) is 0 Å². The topological polar surface area (TPSA) is 38.8 Å². The predicted molar refractivity (Wildman–Crippen MR) is 138 cm³/mol. The van der Waals surface area contributed by atoms with Crippen molar-refractivity contribution in [2.75, 3.05) is 11.5 Å². The molecule has 4 rings (SSSR count). The standard InChI is InChI=1S/C25H20BrNO3S2/c1-2-29-22-13-18(11-12-21(22)30-16-17-7-4-3-5-8-17)14-23-24(28)27(25(31)32-23)20-10-6-9-19(26)15-20/h3-15H,2,16H2,1H3/b23-14+. The summed E-state index contributed by atoms with van der Waals surface area (Å²) in [5.74, 6) is 1.16. The number of anilines is 1. The van der Waals surface area contributed by atoms with E-state index in [0.29, 0.717) is 33.9 Å². The molecule has 1 heterocycles. The van der Waals surface area contributed by atoms with Crippen molar-refractivity contribution in [3.05, 3.63) is 93.3 Å². The number of thiocarbonyl (C=S) groups is 1. The van der Waals surface area contributed by atoms with Crippen molar-refractivity contribution in [1.82, 2.24) is 0 Å². The molecule has 1 saturated heterocycles. The van der Waals surface area contributed by atoms with Gasteiger partial charge in [0.15, 0.2) is 15.8 Å². The normalized spacial score (nSPS) is 14.8. The number of nitrogens with zero attached hydrogens (tertiary/aromatic N) is 1. The molecule has 0 aromatic heterocycles. The fraction of sp³-hybridized carbons (Fsp3) is 0.120. The average molecular weight is 526 g/mol. The number of halogens is 1. The first-order chi connectivity index (χ1) is 15.5. The number of hydrogen-bond acceptors (Lipinski definition) is 5. The van der Waals surface area contributed by atoms with Gasteiger partial charge in [-0.05, 0) is 54.5 Å². The molecule has 7 heteroatoms. The number of rotatable bonds is 7. The lowest BCUT2D eigenvalue weighted by atomic mass is 10.1. The van der Waals surface area contributed by atoms with Gasteiger partial charge in [-0.3, -0.25) is 9.69 Å². The van der Waals surface area contributed by atoms with Gasteiger partial charge < -0.3 is 9.47 Å². The van der Waals surface area contributed by atoms with Crippen LogP contribution in [0.15, 0.2) is 82.2 Å². The Kier molecular flexibility index (Phi) is 7.29. The van der Waals surface area contributed by atoms with Crippen LogP contribution < -0.4 is 14.4 Å². The van der Waals surface area contributed by atoms with Crippen LogP contribution in [0.2, 0.25) is 0 Å². The largest absolute Gasteiger partial charge is 0.490 e. The Morgan fingerprint density at radius 3 is 2.56 bits per heavy atom. The van der Waals surface area contributed by atoms with Crippen LogP contribution >= 0.6 is 39.9 Å². The Morgan fingerprint density at radius 1 is 1.00 bits per heavy atom. The van der Waals surface area contributed by atoms with E-state index in [0.717, 1.165) is 21.3 Å².